The van der Waals surface area contributed by atoms with Crippen LogP contribution in [0.4, 0.5) is 0 Å². The van der Waals surface area contributed by atoms with Gasteiger partial charge in [-0.2, -0.15) is 0 Å². The van der Waals surface area contributed by atoms with E-state index in [1.165, 1.54) is 0 Å². The molecule has 0 aliphatic heterocycles. The smallest absolute Gasteiger partial charge is 0.224 e. The van der Waals surface area contributed by atoms with E-state index in [-0.39, 0.29) is 5.91 Å². The van der Waals surface area contributed by atoms with Crippen LogP contribution in [0, 0.1) is 0 Å². The van der Waals surface area contributed by atoms with Crippen molar-refractivity contribution in [3.63, 3.8) is 0 Å². The predicted molar refractivity (Wildman–Crippen MR) is 66.4 cm³/mol. The van der Waals surface area contributed by atoms with E-state index in [4.69, 9.17) is 27.4 Å². The van der Waals surface area contributed by atoms with E-state index in [2.05, 4.69) is 0 Å². The van der Waals surface area contributed by atoms with Gasteiger partial charge in [0.25, 0.3) is 0 Å². The third-order valence-corrected chi connectivity index (χ3v) is 2.27. The summed E-state index contributed by atoms with van der Waals surface area (Å²) in [5.41, 5.74) is 5.41. The molecule has 0 heterocycles. The van der Waals surface area contributed by atoms with Crippen molar-refractivity contribution in [2.24, 2.45) is 5.73 Å². The van der Waals surface area contributed by atoms with E-state index >= 15 is 0 Å². The number of hydrogen-bond donors (Lipinski definition) is 1. The molecule has 16 heavy (non-hydrogen) atoms. The first kappa shape index (κ1) is 15.3. The van der Waals surface area contributed by atoms with Crippen molar-refractivity contribution >= 4 is 23.1 Å². The quantitative estimate of drug-likeness (QED) is 0.589. The van der Waals surface area contributed by atoms with E-state index in [1.54, 1.807) is 19.1 Å². The van der Waals surface area contributed by atoms with E-state index in [0.29, 0.717) is 44.1 Å². The molecule has 6 heteroatoms. The van der Waals surface area contributed by atoms with Crippen LogP contribution >= 0.6 is 12.2 Å². The highest BCUT2D eigenvalue weighted by Gasteiger charge is 2.12. The number of rotatable bonds is 9. The maximum Gasteiger partial charge on any atom is 0.224 e. The Morgan fingerprint density at radius 1 is 1.19 bits per heavy atom. The summed E-state index contributed by atoms with van der Waals surface area (Å²) in [5.74, 6) is 0.0372. The van der Waals surface area contributed by atoms with Gasteiger partial charge in [0, 0.05) is 33.7 Å². The minimum Gasteiger partial charge on any atom is -0.393 e. The van der Waals surface area contributed by atoms with Gasteiger partial charge in [-0.3, -0.25) is 4.79 Å². The van der Waals surface area contributed by atoms with Crippen molar-refractivity contribution in [3.05, 3.63) is 0 Å². The maximum absolute atomic E-state index is 11.7. The fourth-order valence-corrected chi connectivity index (χ4v) is 1.25. The van der Waals surface area contributed by atoms with Crippen LogP contribution in [0.25, 0.3) is 0 Å². The molecule has 0 bridgehead atoms. The Kier molecular flexibility index (Phi) is 9.07. The van der Waals surface area contributed by atoms with Crippen LogP contribution in [0.5, 0.6) is 0 Å². The minimum atomic E-state index is 0.0372. The molecule has 0 spiro atoms. The van der Waals surface area contributed by atoms with Gasteiger partial charge in [0.15, 0.2) is 0 Å². The molecule has 0 saturated carbocycles. The summed E-state index contributed by atoms with van der Waals surface area (Å²) in [5, 5.41) is 0. The second-order valence-corrected chi connectivity index (χ2v) is 3.86. The van der Waals surface area contributed by atoms with Crippen molar-refractivity contribution in [1.29, 1.82) is 0 Å². The fraction of sp³-hybridized carbons (Fsp3) is 0.800. The normalized spacial score (nSPS) is 10.1. The first-order valence-electron chi connectivity index (χ1n) is 5.15. The molecule has 0 aliphatic rings. The second kappa shape index (κ2) is 9.50. The van der Waals surface area contributed by atoms with Crippen LogP contribution in [0.15, 0.2) is 0 Å². The van der Waals surface area contributed by atoms with E-state index in [0.717, 1.165) is 0 Å². The van der Waals surface area contributed by atoms with Gasteiger partial charge in [0.1, 0.15) is 0 Å². The number of nitrogens with zero attached hydrogens (tertiary/aromatic N) is 1. The molecule has 0 unspecified atom stereocenters. The molecule has 0 aromatic carbocycles. The van der Waals surface area contributed by atoms with Crippen molar-refractivity contribution in [2.45, 2.75) is 12.8 Å². The monoisotopic (exact) mass is 248 g/mol. The summed E-state index contributed by atoms with van der Waals surface area (Å²) >= 11 is 4.78. The second-order valence-electron chi connectivity index (χ2n) is 3.33. The lowest BCUT2D eigenvalue weighted by atomic mass is 10.3. The third kappa shape index (κ3) is 7.56. The zero-order chi connectivity index (χ0) is 12.4. The molecule has 1 amide bonds. The number of thiocarbonyl (C=S) groups is 1. The number of carbonyl (C=O) groups is 1. The molecule has 0 atom stereocenters. The maximum atomic E-state index is 11.7. The molecule has 0 saturated heterocycles. The molecule has 0 aromatic rings. The molecule has 2 N–H and O–H groups in total. The van der Waals surface area contributed by atoms with Crippen LogP contribution < -0.4 is 5.73 Å². The molecular formula is C10H20N2O3S. The topological polar surface area (TPSA) is 64.8 Å². The van der Waals surface area contributed by atoms with Crippen LogP contribution in [-0.2, 0) is 14.3 Å². The summed E-state index contributed by atoms with van der Waals surface area (Å²) in [4.78, 5) is 13.8. The highest BCUT2D eigenvalue weighted by atomic mass is 32.1. The van der Waals surface area contributed by atoms with Crippen LogP contribution in [0.1, 0.15) is 12.8 Å². The largest absolute Gasteiger partial charge is 0.393 e. The molecular weight excluding hydrogens is 228 g/mol. The Bertz CT molecular complexity index is 224. The van der Waals surface area contributed by atoms with Crippen LogP contribution in [-0.4, -0.2) is 56.3 Å². The van der Waals surface area contributed by atoms with Gasteiger partial charge in [-0.25, -0.2) is 0 Å². The Balaban J connectivity index is 4.06. The number of hydrogen-bond acceptors (Lipinski definition) is 4. The zero-order valence-corrected chi connectivity index (χ0v) is 10.7. The summed E-state index contributed by atoms with van der Waals surface area (Å²) in [7, 11) is 3.17. The number of ether oxygens (including phenoxy) is 2. The SMILES string of the molecule is COCCC(=O)N(CCOC)CCC(N)=S. The standard InChI is InChI=1S/C10H20N2O3S/c1-14-7-4-10(13)12(6-8-15-2)5-3-9(11)16/h3-8H2,1-2H3,(H2,11,16). The van der Waals surface area contributed by atoms with Crippen LogP contribution in [0.3, 0.4) is 0 Å². The van der Waals surface area contributed by atoms with Crippen molar-refractivity contribution in [3.8, 4) is 0 Å². The number of methoxy groups -OCH3 is 2. The highest BCUT2D eigenvalue weighted by Crippen LogP contribution is 1.98. The van der Waals surface area contributed by atoms with Crippen molar-refractivity contribution in [1.82, 2.24) is 4.90 Å². The summed E-state index contributed by atoms with van der Waals surface area (Å²) < 4.78 is 9.81. The summed E-state index contributed by atoms with van der Waals surface area (Å²) in [6.45, 7) is 2.04. The molecule has 0 aliphatic carbocycles. The van der Waals surface area contributed by atoms with Crippen LogP contribution in [0.2, 0.25) is 0 Å². The average molecular weight is 248 g/mol. The third-order valence-electron chi connectivity index (χ3n) is 2.07. The lowest BCUT2D eigenvalue weighted by Gasteiger charge is -2.22. The van der Waals surface area contributed by atoms with E-state index < -0.39 is 0 Å². The summed E-state index contributed by atoms with van der Waals surface area (Å²) in [6, 6.07) is 0. The first-order chi connectivity index (χ1) is 7.61. The van der Waals surface area contributed by atoms with Gasteiger partial charge in [-0.1, -0.05) is 12.2 Å². The predicted octanol–water partition coefficient (Wildman–Crippen LogP) is 0.174. The minimum absolute atomic E-state index is 0.0372. The Labute approximate surface area is 102 Å². The van der Waals surface area contributed by atoms with Gasteiger partial charge in [0.05, 0.1) is 24.6 Å². The van der Waals surface area contributed by atoms with Gasteiger partial charge >= 0.3 is 0 Å². The highest BCUT2D eigenvalue weighted by molar-refractivity contribution is 7.80. The number of nitrogens with two attached hydrogens (primary N) is 1. The van der Waals surface area contributed by atoms with Gasteiger partial charge in [-0.05, 0) is 0 Å². The molecule has 94 valence electrons. The van der Waals surface area contributed by atoms with Gasteiger partial charge in [-0.15, -0.1) is 0 Å². The Morgan fingerprint density at radius 3 is 2.31 bits per heavy atom. The Morgan fingerprint density at radius 2 is 1.81 bits per heavy atom. The Hall–Kier alpha value is -0.720. The van der Waals surface area contributed by atoms with Crippen molar-refractivity contribution in [2.75, 3.05) is 40.5 Å². The lowest BCUT2D eigenvalue weighted by molar-refractivity contribution is -0.132. The van der Waals surface area contributed by atoms with Crippen molar-refractivity contribution < 1.29 is 14.3 Å². The van der Waals surface area contributed by atoms with E-state index in [9.17, 15) is 4.79 Å². The zero-order valence-electron chi connectivity index (χ0n) is 9.90. The molecule has 0 aromatic heterocycles. The fourth-order valence-electron chi connectivity index (χ4n) is 1.16. The van der Waals surface area contributed by atoms with E-state index in [1.807, 2.05) is 0 Å². The number of amides is 1. The van der Waals surface area contributed by atoms with Gasteiger partial charge in [0.2, 0.25) is 5.91 Å². The molecule has 0 radical (unpaired) electrons. The van der Waals surface area contributed by atoms with Gasteiger partial charge < -0.3 is 20.1 Å². The molecule has 0 fully saturated rings. The summed E-state index contributed by atoms with van der Waals surface area (Å²) in [6.07, 6.45) is 0.912. The number of carbonyl (C=O) groups excluding carboxylic acids is 1. The molecule has 0 rings (SSSR count). The lowest BCUT2D eigenvalue weighted by Crippen LogP contribution is -2.36. The first-order valence-corrected chi connectivity index (χ1v) is 5.56. The average Bonchev–Trinajstić information content (AvgIpc) is 2.25. The molecule has 5 nitrogen and oxygen atoms in total.